The molecule has 1 aliphatic heterocycles. The number of rotatable bonds is 11. The molecule has 4 nitrogen and oxygen atoms in total. The zero-order valence-electron chi connectivity index (χ0n) is 16.3. The molecule has 0 spiro atoms. The van der Waals surface area contributed by atoms with Crippen molar-refractivity contribution < 1.29 is 19.3 Å². The summed E-state index contributed by atoms with van der Waals surface area (Å²) in [4.78, 5) is 0. The number of aliphatic hydroxyl groups excluding tert-OH is 1. The maximum Gasteiger partial charge on any atom is 0.119 e. The molecule has 27 heavy (non-hydrogen) atoms. The Hall–Kier alpha value is -2.04. The molecule has 1 fully saturated rings. The van der Waals surface area contributed by atoms with Crippen LogP contribution in [0.5, 0.6) is 11.5 Å². The fraction of sp³-hybridized carbons (Fsp3) is 0.478. The predicted molar refractivity (Wildman–Crippen MR) is 106 cm³/mol. The summed E-state index contributed by atoms with van der Waals surface area (Å²) >= 11 is 0. The SMILES string of the molecule is CCC(C)CC(O)COc1cccc(Cc2cccc(OCC3CO3)c2)c1. The second kappa shape index (κ2) is 9.77. The quantitative estimate of drug-likeness (QED) is 0.602. The van der Waals surface area contributed by atoms with E-state index < -0.39 is 6.10 Å². The highest BCUT2D eigenvalue weighted by atomic mass is 16.6. The Kier molecular flexibility index (Phi) is 7.13. The maximum absolute atomic E-state index is 10.1. The molecule has 1 N–H and O–H groups in total. The van der Waals surface area contributed by atoms with Gasteiger partial charge in [-0.05, 0) is 54.2 Å². The molecule has 1 heterocycles. The molecular formula is C23H30O4. The molecule has 4 heteroatoms. The van der Waals surface area contributed by atoms with Crippen LogP contribution < -0.4 is 9.47 Å². The number of hydrogen-bond donors (Lipinski definition) is 1. The molecule has 1 aliphatic rings. The lowest BCUT2D eigenvalue weighted by Gasteiger charge is -2.16. The summed E-state index contributed by atoms with van der Waals surface area (Å²) < 4.78 is 16.7. The minimum Gasteiger partial charge on any atom is -0.491 e. The van der Waals surface area contributed by atoms with E-state index in [1.54, 1.807) is 0 Å². The molecule has 0 aliphatic carbocycles. The van der Waals surface area contributed by atoms with Crippen molar-refractivity contribution in [3.8, 4) is 11.5 Å². The molecule has 3 unspecified atom stereocenters. The minimum atomic E-state index is -0.423. The topological polar surface area (TPSA) is 51.2 Å². The van der Waals surface area contributed by atoms with Crippen LogP contribution in [0.25, 0.3) is 0 Å². The van der Waals surface area contributed by atoms with Gasteiger partial charge in [0.1, 0.15) is 30.8 Å². The molecule has 2 aromatic carbocycles. The molecule has 1 saturated heterocycles. The maximum atomic E-state index is 10.1. The standard InChI is InChI=1S/C23H30O4/c1-3-17(2)10-20(24)14-25-21-8-4-6-18(12-21)11-19-7-5-9-22(13-19)26-15-23-16-27-23/h4-9,12-13,17,20,23-24H,3,10-11,14-16H2,1-2H3. The molecule has 146 valence electrons. The van der Waals surface area contributed by atoms with Gasteiger partial charge in [0.15, 0.2) is 0 Å². The van der Waals surface area contributed by atoms with Crippen LogP contribution in [-0.4, -0.2) is 37.1 Å². The fourth-order valence-corrected chi connectivity index (χ4v) is 2.97. The first kappa shape index (κ1) is 19.7. The third kappa shape index (κ3) is 6.89. The summed E-state index contributed by atoms with van der Waals surface area (Å²) in [7, 11) is 0. The third-order valence-corrected chi connectivity index (χ3v) is 4.86. The molecule has 0 aromatic heterocycles. The molecule has 2 aromatic rings. The van der Waals surface area contributed by atoms with Crippen LogP contribution in [-0.2, 0) is 11.2 Å². The Morgan fingerprint density at radius 3 is 2.30 bits per heavy atom. The van der Waals surface area contributed by atoms with Gasteiger partial charge in [0.2, 0.25) is 0 Å². The highest BCUT2D eigenvalue weighted by Gasteiger charge is 2.23. The number of ether oxygens (including phenoxy) is 3. The largest absolute Gasteiger partial charge is 0.491 e. The summed E-state index contributed by atoms with van der Waals surface area (Å²) in [5.74, 6) is 2.19. The van der Waals surface area contributed by atoms with E-state index in [1.807, 2.05) is 30.3 Å². The lowest BCUT2D eigenvalue weighted by Crippen LogP contribution is -2.20. The molecule has 0 saturated carbocycles. The zero-order chi connectivity index (χ0) is 19.1. The van der Waals surface area contributed by atoms with E-state index >= 15 is 0 Å². The fourth-order valence-electron chi connectivity index (χ4n) is 2.97. The first-order valence-corrected chi connectivity index (χ1v) is 9.85. The van der Waals surface area contributed by atoms with E-state index in [-0.39, 0.29) is 6.10 Å². The van der Waals surface area contributed by atoms with E-state index in [1.165, 1.54) is 11.1 Å². The number of aliphatic hydroxyl groups is 1. The summed E-state index contributed by atoms with van der Waals surface area (Å²) in [5.41, 5.74) is 2.37. The van der Waals surface area contributed by atoms with Crippen LogP contribution in [0.4, 0.5) is 0 Å². The molecule has 0 radical (unpaired) electrons. The van der Waals surface area contributed by atoms with Crippen LogP contribution in [0.2, 0.25) is 0 Å². The monoisotopic (exact) mass is 370 g/mol. The van der Waals surface area contributed by atoms with Gasteiger partial charge in [0, 0.05) is 0 Å². The van der Waals surface area contributed by atoms with Gasteiger partial charge < -0.3 is 19.3 Å². The van der Waals surface area contributed by atoms with E-state index in [0.717, 1.165) is 37.4 Å². The van der Waals surface area contributed by atoms with Crippen molar-refractivity contribution in [3.05, 3.63) is 59.7 Å². The number of epoxide rings is 1. The van der Waals surface area contributed by atoms with Crippen molar-refractivity contribution in [1.29, 1.82) is 0 Å². The third-order valence-electron chi connectivity index (χ3n) is 4.86. The first-order valence-electron chi connectivity index (χ1n) is 9.85. The van der Waals surface area contributed by atoms with Gasteiger partial charge in [-0.25, -0.2) is 0 Å². The lowest BCUT2D eigenvalue weighted by molar-refractivity contribution is 0.0865. The number of hydrogen-bond acceptors (Lipinski definition) is 4. The normalized spacial score (nSPS) is 18.0. The molecular weight excluding hydrogens is 340 g/mol. The molecule has 3 atom stereocenters. The number of benzene rings is 2. The van der Waals surface area contributed by atoms with Crippen LogP contribution in [0.3, 0.4) is 0 Å². The van der Waals surface area contributed by atoms with E-state index in [9.17, 15) is 5.11 Å². The summed E-state index contributed by atoms with van der Waals surface area (Å²) in [5, 5.41) is 10.1. The molecule has 0 amide bonds. The Morgan fingerprint density at radius 2 is 1.70 bits per heavy atom. The van der Waals surface area contributed by atoms with Gasteiger partial charge in [-0.3, -0.25) is 0 Å². The Bertz CT molecular complexity index is 711. The van der Waals surface area contributed by atoms with Crippen molar-refractivity contribution in [2.75, 3.05) is 19.8 Å². The Balaban J connectivity index is 1.53. The van der Waals surface area contributed by atoms with Gasteiger partial charge in [0.25, 0.3) is 0 Å². The zero-order valence-corrected chi connectivity index (χ0v) is 16.3. The van der Waals surface area contributed by atoms with Gasteiger partial charge in [0.05, 0.1) is 12.7 Å². The second-order valence-corrected chi connectivity index (χ2v) is 7.45. The van der Waals surface area contributed by atoms with Crippen molar-refractivity contribution in [1.82, 2.24) is 0 Å². The summed E-state index contributed by atoms with van der Waals surface area (Å²) in [6, 6.07) is 16.2. The highest BCUT2D eigenvalue weighted by molar-refractivity contribution is 5.35. The van der Waals surface area contributed by atoms with Crippen LogP contribution in [0, 0.1) is 5.92 Å². The van der Waals surface area contributed by atoms with E-state index in [0.29, 0.717) is 19.1 Å². The van der Waals surface area contributed by atoms with Crippen molar-refractivity contribution in [2.24, 2.45) is 5.92 Å². The molecule has 3 rings (SSSR count). The van der Waals surface area contributed by atoms with Gasteiger partial charge in [-0.15, -0.1) is 0 Å². The van der Waals surface area contributed by atoms with Crippen molar-refractivity contribution >= 4 is 0 Å². The van der Waals surface area contributed by atoms with Gasteiger partial charge in [-0.1, -0.05) is 44.5 Å². The van der Waals surface area contributed by atoms with Gasteiger partial charge in [-0.2, -0.15) is 0 Å². The smallest absolute Gasteiger partial charge is 0.119 e. The van der Waals surface area contributed by atoms with E-state index in [2.05, 4.69) is 32.0 Å². The van der Waals surface area contributed by atoms with Crippen molar-refractivity contribution in [2.45, 2.75) is 45.3 Å². The lowest BCUT2D eigenvalue weighted by atomic mass is 10.0. The predicted octanol–water partition coefficient (Wildman–Crippen LogP) is 4.23. The first-order chi connectivity index (χ1) is 13.1. The Morgan fingerprint density at radius 1 is 1.07 bits per heavy atom. The average Bonchev–Trinajstić information content (AvgIpc) is 3.50. The summed E-state index contributed by atoms with van der Waals surface area (Å²) in [6.07, 6.45) is 2.49. The van der Waals surface area contributed by atoms with Crippen LogP contribution in [0.15, 0.2) is 48.5 Å². The van der Waals surface area contributed by atoms with Gasteiger partial charge >= 0.3 is 0 Å². The average molecular weight is 370 g/mol. The van der Waals surface area contributed by atoms with Crippen LogP contribution in [0.1, 0.15) is 37.8 Å². The summed E-state index contributed by atoms with van der Waals surface area (Å²) in [6.45, 7) is 6.05. The Labute approximate surface area is 162 Å². The minimum absolute atomic E-state index is 0.262. The van der Waals surface area contributed by atoms with Crippen LogP contribution >= 0.6 is 0 Å². The van der Waals surface area contributed by atoms with E-state index in [4.69, 9.17) is 14.2 Å². The second-order valence-electron chi connectivity index (χ2n) is 7.45. The highest BCUT2D eigenvalue weighted by Crippen LogP contribution is 2.21. The molecule has 0 bridgehead atoms. The van der Waals surface area contributed by atoms with Crippen molar-refractivity contribution in [3.63, 3.8) is 0 Å².